The molecule has 0 aliphatic heterocycles. The molecule has 0 aromatic carbocycles. The summed E-state index contributed by atoms with van der Waals surface area (Å²) in [5, 5.41) is 11.5. The zero-order valence-corrected chi connectivity index (χ0v) is 10.8. The maximum atomic E-state index is 11.8. The van der Waals surface area contributed by atoms with Crippen molar-refractivity contribution in [1.29, 1.82) is 0 Å². The molecule has 1 saturated carbocycles. The number of ether oxygens (including phenoxy) is 1. The van der Waals surface area contributed by atoms with Gasteiger partial charge >= 0.3 is 0 Å². The number of hydrogen-bond acceptors (Lipinski definition) is 3. The van der Waals surface area contributed by atoms with Gasteiger partial charge in [-0.3, -0.25) is 4.79 Å². The molecule has 0 heterocycles. The first-order chi connectivity index (χ1) is 8.24. The van der Waals surface area contributed by atoms with E-state index in [1.54, 1.807) is 0 Å². The Morgan fingerprint density at radius 1 is 1.29 bits per heavy atom. The fourth-order valence-electron chi connectivity index (χ4n) is 2.22. The zero-order valence-electron chi connectivity index (χ0n) is 10.8. The molecule has 0 aromatic rings. The topological polar surface area (TPSA) is 58.6 Å². The number of aliphatic hydroxyl groups is 1. The molecular formula is C13H25NO3. The lowest BCUT2D eigenvalue weighted by Gasteiger charge is -2.25. The first kappa shape index (κ1) is 14.5. The SMILES string of the molecule is CC1CCC(C(=O)NCCCOCCO)CC1. The normalized spacial score (nSPS) is 24.6. The van der Waals surface area contributed by atoms with Gasteiger partial charge in [0, 0.05) is 19.1 Å². The highest BCUT2D eigenvalue weighted by molar-refractivity contribution is 5.78. The Balaban J connectivity index is 2.01. The first-order valence-corrected chi connectivity index (χ1v) is 6.70. The van der Waals surface area contributed by atoms with Crippen LogP contribution in [0.4, 0.5) is 0 Å². The summed E-state index contributed by atoms with van der Waals surface area (Å²) in [5.74, 6) is 1.22. The average Bonchev–Trinajstić information content (AvgIpc) is 2.34. The zero-order chi connectivity index (χ0) is 12.5. The number of nitrogens with one attached hydrogen (secondary N) is 1. The molecule has 1 rings (SSSR count). The summed E-state index contributed by atoms with van der Waals surface area (Å²) in [7, 11) is 0. The number of hydrogen-bond donors (Lipinski definition) is 2. The lowest BCUT2D eigenvalue weighted by molar-refractivity contribution is -0.126. The molecule has 17 heavy (non-hydrogen) atoms. The van der Waals surface area contributed by atoms with Crippen molar-refractivity contribution in [3.63, 3.8) is 0 Å². The van der Waals surface area contributed by atoms with Crippen molar-refractivity contribution in [3.8, 4) is 0 Å². The lowest BCUT2D eigenvalue weighted by atomic mass is 9.82. The summed E-state index contributed by atoms with van der Waals surface area (Å²) in [5.41, 5.74) is 0. The molecular weight excluding hydrogens is 218 g/mol. The van der Waals surface area contributed by atoms with E-state index in [9.17, 15) is 4.79 Å². The Morgan fingerprint density at radius 2 is 2.00 bits per heavy atom. The van der Waals surface area contributed by atoms with Crippen LogP contribution in [0.5, 0.6) is 0 Å². The van der Waals surface area contributed by atoms with Gasteiger partial charge < -0.3 is 15.2 Å². The van der Waals surface area contributed by atoms with Gasteiger partial charge in [0.05, 0.1) is 13.2 Å². The minimum absolute atomic E-state index is 0.0621. The summed E-state index contributed by atoms with van der Waals surface area (Å²) in [4.78, 5) is 11.8. The molecule has 1 amide bonds. The third kappa shape index (κ3) is 6.03. The molecule has 0 radical (unpaired) electrons. The minimum Gasteiger partial charge on any atom is -0.394 e. The second-order valence-corrected chi connectivity index (χ2v) is 4.94. The van der Waals surface area contributed by atoms with Crippen LogP contribution in [0.1, 0.15) is 39.0 Å². The molecule has 4 nitrogen and oxygen atoms in total. The molecule has 0 aromatic heterocycles. The van der Waals surface area contributed by atoms with E-state index >= 15 is 0 Å². The van der Waals surface area contributed by atoms with E-state index in [0.29, 0.717) is 19.8 Å². The van der Waals surface area contributed by atoms with Gasteiger partial charge in [0.25, 0.3) is 0 Å². The Morgan fingerprint density at radius 3 is 2.65 bits per heavy atom. The average molecular weight is 243 g/mol. The Labute approximate surface area is 104 Å². The molecule has 0 saturated heterocycles. The van der Waals surface area contributed by atoms with Crippen molar-refractivity contribution < 1.29 is 14.6 Å². The van der Waals surface area contributed by atoms with Crippen LogP contribution in [-0.2, 0) is 9.53 Å². The molecule has 1 aliphatic carbocycles. The van der Waals surface area contributed by atoms with E-state index in [2.05, 4.69) is 12.2 Å². The van der Waals surface area contributed by atoms with E-state index in [-0.39, 0.29) is 18.4 Å². The van der Waals surface area contributed by atoms with Crippen LogP contribution in [0.2, 0.25) is 0 Å². The van der Waals surface area contributed by atoms with Crippen LogP contribution in [0.15, 0.2) is 0 Å². The molecule has 2 N–H and O–H groups in total. The second kappa shape index (κ2) is 8.48. The van der Waals surface area contributed by atoms with Gasteiger partial charge in [0.1, 0.15) is 0 Å². The smallest absolute Gasteiger partial charge is 0.223 e. The van der Waals surface area contributed by atoms with E-state index < -0.39 is 0 Å². The number of carbonyl (C=O) groups is 1. The third-order valence-electron chi connectivity index (χ3n) is 3.39. The number of rotatable bonds is 7. The molecule has 4 heteroatoms. The molecule has 0 spiro atoms. The van der Waals surface area contributed by atoms with Crippen molar-refractivity contribution in [1.82, 2.24) is 5.32 Å². The van der Waals surface area contributed by atoms with Crippen LogP contribution >= 0.6 is 0 Å². The van der Waals surface area contributed by atoms with E-state index in [4.69, 9.17) is 9.84 Å². The number of carbonyl (C=O) groups excluding carboxylic acids is 1. The maximum absolute atomic E-state index is 11.8. The highest BCUT2D eigenvalue weighted by Gasteiger charge is 2.23. The molecule has 100 valence electrons. The third-order valence-corrected chi connectivity index (χ3v) is 3.39. The predicted molar refractivity (Wildman–Crippen MR) is 66.7 cm³/mol. The lowest BCUT2D eigenvalue weighted by Crippen LogP contribution is -2.33. The predicted octanol–water partition coefficient (Wildman–Crippen LogP) is 1.33. The van der Waals surface area contributed by atoms with Gasteiger partial charge in [-0.1, -0.05) is 6.92 Å². The van der Waals surface area contributed by atoms with Gasteiger partial charge in [-0.25, -0.2) is 0 Å². The van der Waals surface area contributed by atoms with Crippen molar-refractivity contribution >= 4 is 5.91 Å². The van der Waals surface area contributed by atoms with Crippen LogP contribution in [0.3, 0.4) is 0 Å². The summed E-state index contributed by atoms with van der Waals surface area (Å²) < 4.78 is 5.12. The van der Waals surface area contributed by atoms with Gasteiger partial charge in [-0.15, -0.1) is 0 Å². The molecule has 0 bridgehead atoms. The first-order valence-electron chi connectivity index (χ1n) is 6.70. The van der Waals surface area contributed by atoms with Gasteiger partial charge in [0.2, 0.25) is 5.91 Å². The number of aliphatic hydroxyl groups excluding tert-OH is 1. The summed E-state index contributed by atoms with van der Waals surface area (Å²) >= 11 is 0. The minimum atomic E-state index is 0.0621. The van der Waals surface area contributed by atoms with Crippen LogP contribution in [0.25, 0.3) is 0 Å². The van der Waals surface area contributed by atoms with Gasteiger partial charge in [-0.2, -0.15) is 0 Å². The van der Waals surface area contributed by atoms with E-state index in [1.165, 1.54) is 12.8 Å². The molecule has 0 atom stereocenters. The summed E-state index contributed by atoms with van der Waals surface area (Å²) in [6, 6.07) is 0. The van der Waals surface area contributed by atoms with Gasteiger partial charge in [-0.05, 0) is 38.0 Å². The number of amides is 1. The largest absolute Gasteiger partial charge is 0.394 e. The Hall–Kier alpha value is -0.610. The van der Waals surface area contributed by atoms with Crippen molar-refractivity contribution in [2.24, 2.45) is 11.8 Å². The second-order valence-electron chi connectivity index (χ2n) is 4.94. The monoisotopic (exact) mass is 243 g/mol. The molecule has 0 unspecified atom stereocenters. The van der Waals surface area contributed by atoms with Crippen LogP contribution in [0, 0.1) is 11.8 Å². The van der Waals surface area contributed by atoms with Crippen LogP contribution in [-0.4, -0.2) is 37.4 Å². The van der Waals surface area contributed by atoms with Crippen molar-refractivity contribution in [2.45, 2.75) is 39.0 Å². The Bertz CT molecular complexity index is 213. The summed E-state index contributed by atoms with van der Waals surface area (Å²) in [6.45, 7) is 3.98. The van der Waals surface area contributed by atoms with Gasteiger partial charge in [0.15, 0.2) is 0 Å². The van der Waals surface area contributed by atoms with E-state index in [1.807, 2.05) is 0 Å². The molecule has 1 fully saturated rings. The van der Waals surface area contributed by atoms with Crippen LogP contribution < -0.4 is 5.32 Å². The summed E-state index contributed by atoms with van der Waals surface area (Å²) in [6.07, 6.45) is 5.24. The highest BCUT2D eigenvalue weighted by Crippen LogP contribution is 2.28. The standard InChI is InChI=1S/C13H25NO3/c1-11-3-5-12(6-4-11)13(16)14-7-2-9-17-10-8-15/h11-12,15H,2-10H2,1H3,(H,14,16). The maximum Gasteiger partial charge on any atom is 0.223 e. The fourth-order valence-corrected chi connectivity index (χ4v) is 2.22. The quantitative estimate of drug-likeness (QED) is 0.663. The molecule has 1 aliphatic rings. The highest BCUT2D eigenvalue weighted by atomic mass is 16.5. The van der Waals surface area contributed by atoms with E-state index in [0.717, 1.165) is 25.2 Å². The fraction of sp³-hybridized carbons (Fsp3) is 0.923. The van der Waals surface area contributed by atoms with Crippen molar-refractivity contribution in [3.05, 3.63) is 0 Å². The Kier molecular flexibility index (Phi) is 7.21. The van der Waals surface area contributed by atoms with Crippen molar-refractivity contribution in [2.75, 3.05) is 26.4 Å².